The summed E-state index contributed by atoms with van der Waals surface area (Å²) in [6, 6.07) is 0. The lowest BCUT2D eigenvalue weighted by Gasteiger charge is -2.40. The van der Waals surface area contributed by atoms with E-state index >= 15 is 0 Å². The van der Waals surface area contributed by atoms with E-state index in [0.717, 1.165) is 12.8 Å². The summed E-state index contributed by atoms with van der Waals surface area (Å²) >= 11 is 0. The Morgan fingerprint density at radius 3 is 1.82 bits per heavy atom. The summed E-state index contributed by atoms with van der Waals surface area (Å²) < 4.78 is 0. The van der Waals surface area contributed by atoms with E-state index in [9.17, 15) is 9.90 Å². The Bertz CT molecular complexity index is 265. The first-order valence-electron chi connectivity index (χ1n) is 6.06. The van der Waals surface area contributed by atoms with Gasteiger partial charge in [-0.2, -0.15) is 0 Å². The highest BCUT2D eigenvalue weighted by Gasteiger charge is 2.50. The van der Waals surface area contributed by atoms with Gasteiger partial charge < -0.3 is 5.11 Å². The smallest absolute Gasteiger partial charge is 0.339 e. The number of carboxylic acids is 1. The van der Waals surface area contributed by atoms with E-state index in [4.69, 9.17) is 9.78 Å². The summed E-state index contributed by atoms with van der Waals surface area (Å²) in [6.07, 6.45) is 1.65. The van der Waals surface area contributed by atoms with Crippen molar-refractivity contribution < 1.29 is 19.7 Å². The Morgan fingerprint density at radius 2 is 1.53 bits per heavy atom. The van der Waals surface area contributed by atoms with E-state index in [-0.39, 0.29) is 0 Å². The molecular weight excluding hydrogens is 220 g/mol. The lowest BCUT2D eigenvalue weighted by Crippen LogP contribution is -2.52. The van der Waals surface area contributed by atoms with Crippen molar-refractivity contribution in [1.29, 1.82) is 0 Å². The summed E-state index contributed by atoms with van der Waals surface area (Å²) in [5, 5.41) is 9.39. The molecule has 1 atom stereocenters. The molecule has 0 aliphatic rings. The predicted octanol–water partition coefficient (Wildman–Crippen LogP) is 3.40. The Labute approximate surface area is 104 Å². The van der Waals surface area contributed by atoms with Crippen molar-refractivity contribution in [3.63, 3.8) is 0 Å². The third-order valence-electron chi connectivity index (χ3n) is 3.03. The van der Waals surface area contributed by atoms with Gasteiger partial charge in [0.1, 0.15) is 0 Å². The number of carbonyl (C=O) groups is 1. The van der Waals surface area contributed by atoms with Gasteiger partial charge in [0, 0.05) is 5.41 Å². The Hall–Kier alpha value is -0.610. The van der Waals surface area contributed by atoms with E-state index in [1.807, 2.05) is 41.5 Å². The van der Waals surface area contributed by atoms with Gasteiger partial charge in [0.2, 0.25) is 5.60 Å². The van der Waals surface area contributed by atoms with Crippen LogP contribution in [0.15, 0.2) is 0 Å². The summed E-state index contributed by atoms with van der Waals surface area (Å²) in [5.41, 5.74) is -2.38. The SMILES string of the molecule is CCCC(C)(C)C(C)(OOC(C)(C)C)C(=O)O. The molecule has 0 aromatic rings. The average Bonchev–Trinajstić information content (AvgIpc) is 2.12. The molecule has 0 amide bonds. The molecule has 102 valence electrons. The Balaban J connectivity index is 4.98. The molecule has 0 spiro atoms. The minimum absolute atomic E-state index is 0.501. The standard InChI is InChI=1S/C13H26O4/c1-8-9-12(5,6)13(7,10(14)15)17-16-11(2,3)4/h8-9H2,1-7H3,(H,14,15). The molecule has 0 fully saturated rings. The van der Waals surface area contributed by atoms with Crippen LogP contribution in [-0.2, 0) is 14.6 Å². The summed E-state index contributed by atoms with van der Waals surface area (Å²) in [7, 11) is 0. The van der Waals surface area contributed by atoms with Crippen molar-refractivity contribution in [1.82, 2.24) is 0 Å². The van der Waals surface area contributed by atoms with Crippen molar-refractivity contribution in [2.45, 2.75) is 72.5 Å². The molecule has 0 saturated heterocycles. The van der Waals surface area contributed by atoms with Gasteiger partial charge in [-0.1, -0.05) is 27.2 Å². The molecule has 0 aliphatic carbocycles. The molecular formula is C13H26O4. The highest BCUT2D eigenvalue weighted by Crippen LogP contribution is 2.39. The van der Waals surface area contributed by atoms with Gasteiger partial charge in [0.25, 0.3) is 0 Å². The average molecular weight is 246 g/mol. The second-order valence-corrected chi connectivity index (χ2v) is 6.25. The maximum Gasteiger partial charge on any atom is 0.339 e. The van der Waals surface area contributed by atoms with Crippen molar-refractivity contribution in [3.8, 4) is 0 Å². The molecule has 4 nitrogen and oxygen atoms in total. The van der Waals surface area contributed by atoms with Gasteiger partial charge in [-0.25, -0.2) is 14.6 Å². The molecule has 1 N–H and O–H groups in total. The highest BCUT2D eigenvalue weighted by molar-refractivity contribution is 5.78. The summed E-state index contributed by atoms with van der Waals surface area (Å²) in [5.74, 6) is -1.000. The lowest BCUT2D eigenvalue weighted by molar-refractivity contribution is -0.409. The first kappa shape index (κ1) is 16.4. The number of hydrogen-bond donors (Lipinski definition) is 1. The van der Waals surface area contributed by atoms with Crippen molar-refractivity contribution in [2.75, 3.05) is 0 Å². The van der Waals surface area contributed by atoms with Crippen LogP contribution < -0.4 is 0 Å². The first-order valence-corrected chi connectivity index (χ1v) is 6.06. The van der Waals surface area contributed by atoms with Crippen molar-refractivity contribution in [2.24, 2.45) is 5.41 Å². The quantitative estimate of drug-likeness (QED) is 0.576. The number of carboxylic acid groups (broad SMARTS) is 1. The second kappa shape index (κ2) is 5.36. The predicted molar refractivity (Wildman–Crippen MR) is 66.7 cm³/mol. The van der Waals surface area contributed by atoms with Crippen LogP contribution in [0.4, 0.5) is 0 Å². The monoisotopic (exact) mass is 246 g/mol. The van der Waals surface area contributed by atoms with Gasteiger partial charge >= 0.3 is 5.97 Å². The number of aliphatic carboxylic acids is 1. The zero-order chi connectivity index (χ0) is 13.9. The van der Waals surface area contributed by atoms with Crippen LogP contribution in [0.2, 0.25) is 0 Å². The zero-order valence-electron chi connectivity index (χ0n) is 12.1. The number of hydrogen-bond acceptors (Lipinski definition) is 3. The molecule has 0 bridgehead atoms. The molecule has 0 aromatic carbocycles. The maximum atomic E-state index is 11.5. The summed E-state index contributed by atoms with van der Waals surface area (Å²) in [6.45, 7) is 12.8. The van der Waals surface area contributed by atoms with Crippen molar-refractivity contribution >= 4 is 5.97 Å². The molecule has 0 saturated carbocycles. The van der Waals surface area contributed by atoms with Crippen LogP contribution >= 0.6 is 0 Å². The normalized spacial score (nSPS) is 16.6. The second-order valence-electron chi connectivity index (χ2n) is 6.25. The highest BCUT2D eigenvalue weighted by atomic mass is 17.2. The van der Waals surface area contributed by atoms with Gasteiger partial charge in [0.05, 0.1) is 5.60 Å². The van der Waals surface area contributed by atoms with Crippen LogP contribution in [0.5, 0.6) is 0 Å². The van der Waals surface area contributed by atoms with Crippen LogP contribution in [0.25, 0.3) is 0 Å². The Morgan fingerprint density at radius 1 is 1.06 bits per heavy atom. The van der Waals surface area contributed by atoms with Crippen LogP contribution in [0, 0.1) is 5.41 Å². The molecule has 0 aliphatic heterocycles. The topological polar surface area (TPSA) is 55.8 Å². The zero-order valence-corrected chi connectivity index (χ0v) is 12.1. The fourth-order valence-corrected chi connectivity index (χ4v) is 1.51. The van der Waals surface area contributed by atoms with Crippen LogP contribution in [0.3, 0.4) is 0 Å². The number of rotatable bonds is 6. The van der Waals surface area contributed by atoms with E-state index in [1.54, 1.807) is 6.92 Å². The first-order chi connectivity index (χ1) is 7.46. The molecule has 0 aromatic heterocycles. The molecule has 0 rings (SSSR count). The van der Waals surface area contributed by atoms with Gasteiger partial charge in [-0.05, 0) is 34.1 Å². The van der Waals surface area contributed by atoms with E-state index in [2.05, 4.69) is 0 Å². The summed E-state index contributed by atoms with van der Waals surface area (Å²) in [4.78, 5) is 21.9. The molecule has 0 radical (unpaired) electrons. The van der Waals surface area contributed by atoms with Crippen molar-refractivity contribution in [3.05, 3.63) is 0 Å². The Kier molecular flexibility index (Phi) is 5.16. The molecule has 4 heteroatoms. The maximum absolute atomic E-state index is 11.5. The third-order valence-corrected chi connectivity index (χ3v) is 3.03. The molecule has 17 heavy (non-hydrogen) atoms. The molecule has 0 heterocycles. The van der Waals surface area contributed by atoms with Gasteiger partial charge in [0.15, 0.2) is 0 Å². The van der Waals surface area contributed by atoms with Gasteiger partial charge in [-0.3, -0.25) is 0 Å². The fourth-order valence-electron chi connectivity index (χ4n) is 1.51. The third kappa shape index (κ3) is 4.28. The fraction of sp³-hybridized carbons (Fsp3) is 0.923. The molecule has 1 unspecified atom stereocenters. The minimum Gasteiger partial charge on any atom is -0.479 e. The minimum atomic E-state index is -1.35. The largest absolute Gasteiger partial charge is 0.479 e. The van der Waals surface area contributed by atoms with Crippen LogP contribution in [-0.4, -0.2) is 22.3 Å². The van der Waals surface area contributed by atoms with E-state index in [1.165, 1.54) is 0 Å². The van der Waals surface area contributed by atoms with E-state index in [0.29, 0.717) is 0 Å². The van der Waals surface area contributed by atoms with E-state index < -0.39 is 22.6 Å². The lowest BCUT2D eigenvalue weighted by atomic mass is 9.73. The van der Waals surface area contributed by atoms with Gasteiger partial charge in [-0.15, -0.1) is 0 Å². The van der Waals surface area contributed by atoms with Crippen LogP contribution in [0.1, 0.15) is 61.3 Å².